The van der Waals surface area contributed by atoms with Crippen molar-refractivity contribution in [3.8, 4) is 5.75 Å². The van der Waals surface area contributed by atoms with E-state index in [1.54, 1.807) is 6.07 Å². The summed E-state index contributed by atoms with van der Waals surface area (Å²) in [5, 5.41) is 11.9. The molecule has 0 saturated carbocycles. The molecule has 0 unspecified atom stereocenters. The molecule has 0 aliphatic carbocycles. The van der Waals surface area contributed by atoms with Crippen LogP contribution in [0.1, 0.15) is 41.8 Å². The second kappa shape index (κ2) is 5.73. The number of hydrogen-bond donors (Lipinski definition) is 2. The Bertz CT molecular complexity index is 659. The molecule has 0 aliphatic heterocycles. The number of carboxylic acids is 1. The third kappa shape index (κ3) is 3.72. The summed E-state index contributed by atoms with van der Waals surface area (Å²) in [5.74, 6) is -0.601. The second-order valence-corrected chi connectivity index (χ2v) is 6.66. The van der Waals surface area contributed by atoms with E-state index in [-0.39, 0.29) is 16.7 Å². The molecule has 0 spiro atoms. The maximum Gasteiger partial charge on any atom is 0.337 e. The molecular formula is C15H18N2O3S. The van der Waals surface area contributed by atoms with Gasteiger partial charge >= 0.3 is 5.97 Å². The van der Waals surface area contributed by atoms with E-state index >= 15 is 0 Å². The number of nitrogens with two attached hydrogens (primary N) is 1. The topological polar surface area (TPSA) is 85.4 Å². The van der Waals surface area contributed by atoms with Crippen molar-refractivity contribution in [3.05, 3.63) is 39.8 Å². The number of carboxylic acid groups (broad SMARTS) is 1. The zero-order valence-electron chi connectivity index (χ0n) is 12.2. The smallest absolute Gasteiger partial charge is 0.337 e. The molecule has 1 aromatic carbocycles. The summed E-state index contributed by atoms with van der Waals surface area (Å²) >= 11 is 1.53. The highest BCUT2D eigenvalue weighted by atomic mass is 32.1. The number of thiazole rings is 1. The Kier molecular flexibility index (Phi) is 4.18. The van der Waals surface area contributed by atoms with Gasteiger partial charge < -0.3 is 15.6 Å². The molecule has 0 atom stereocenters. The summed E-state index contributed by atoms with van der Waals surface area (Å²) in [4.78, 5) is 15.5. The standard InChI is InChI=1S/C15H18N2O3S/c1-15(2,3)12-8-21-13(17-12)7-20-9-4-5-11(16)10(6-9)14(18)19/h4-6,8H,7,16H2,1-3H3,(H,18,19). The van der Waals surface area contributed by atoms with E-state index in [0.29, 0.717) is 12.4 Å². The van der Waals surface area contributed by atoms with Crippen molar-refractivity contribution in [1.29, 1.82) is 0 Å². The third-order valence-corrected chi connectivity index (χ3v) is 3.76. The molecular weight excluding hydrogens is 288 g/mol. The Balaban J connectivity index is 2.08. The molecule has 1 heterocycles. The lowest BCUT2D eigenvalue weighted by molar-refractivity contribution is 0.0697. The van der Waals surface area contributed by atoms with E-state index in [1.807, 2.05) is 5.38 Å². The maximum absolute atomic E-state index is 11.0. The first kappa shape index (κ1) is 15.3. The van der Waals surface area contributed by atoms with E-state index in [2.05, 4.69) is 25.8 Å². The lowest BCUT2D eigenvalue weighted by Gasteiger charge is -2.14. The van der Waals surface area contributed by atoms with E-state index in [1.165, 1.54) is 23.5 Å². The summed E-state index contributed by atoms with van der Waals surface area (Å²) in [6, 6.07) is 4.61. The molecule has 3 N–H and O–H groups in total. The number of ether oxygens (including phenoxy) is 1. The van der Waals surface area contributed by atoms with Gasteiger partial charge in [0.1, 0.15) is 17.4 Å². The van der Waals surface area contributed by atoms with Crippen LogP contribution in [0.2, 0.25) is 0 Å². The molecule has 0 bridgehead atoms. The van der Waals surface area contributed by atoms with Gasteiger partial charge in [0.25, 0.3) is 0 Å². The van der Waals surface area contributed by atoms with Crippen molar-refractivity contribution in [2.45, 2.75) is 32.8 Å². The number of benzene rings is 1. The fourth-order valence-corrected chi connectivity index (χ4v) is 2.61. The Morgan fingerprint density at radius 1 is 1.43 bits per heavy atom. The minimum atomic E-state index is -1.07. The molecule has 112 valence electrons. The SMILES string of the molecule is CC(C)(C)c1csc(COc2ccc(N)c(C(=O)O)c2)n1. The van der Waals surface area contributed by atoms with Crippen LogP contribution in [0.3, 0.4) is 0 Å². The summed E-state index contributed by atoms with van der Waals surface area (Å²) in [6.45, 7) is 6.62. The van der Waals surface area contributed by atoms with Crippen LogP contribution in [-0.2, 0) is 12.0 Å². The van der Waals surface area contributed by atoms with Crippen LogP contribution in [0.4, 0.5) is 5.69 Å². The molecule has 2 aromatic rings. The predicted octanol–water partition coefficient (Wildman–Crippen LogP) is 3.30. The molecule has 0 saturated heterocycles. The highest BCUT2D eigenvalue weighted by molar-refractivity contribution is 7.09. The molecule has 5 nitrogen and oxygen atoms in total. The number of anilines is 1. The normalized spacial score (nSPS) is 11.4. The second-order valence-electron chi connectivity index (χ2n) is 5.72. The summed E-state index contributed by atoms with van der Waals surface area (Å²) in [7, 11) is 0. The lowest BCUT2D eigenvalue weighted by atomic mass is 9.93. The van der Waals surface area contributed by atoms with Gasteiger partial charge in [0.2, 0.25) is 0 Å². The first-order valence-corrected chi connectivity index (χ1v) is 7.36. The Morgan fingerprint density at radius 2 is 2.14 bits per heavy atom. The molecule has 0 amide bonds. The van der Waals surface area contributed by atoms with Gasteiger partial charge in [-0.25, -0.2) is 9.78 Å². The molecule has 0 radical (unpaired) electrons. The fourth-order valence-electron chi connectivity index (χ4n) is 1.68. The number of aromatic nitrogens is 1. The molecule has 0 aliphatic rings. The van der Waals surface area contributed by atoms with Gasteiger partial charge in [0.05, 0.1) is 11.3 Å². The van der Waals surface area contributed by atoms with Crippen LogP contribution in [0.25, 0.3) is 0 Å². The van der Waals surface area contributed by atoms with Crippen molar-refractivity contribution in [2.75, 3.05) is 5.73 Å². The largest absolute Gasteiger partial charge is 0.486 e. The van der Waals surface area contributed by atoms with Gasteiger partial charge in [0, 0.05) is 16.5 Å². The number of hydrogen-bond acceptors (Lipinski definition) is 5. The van der Waals surface area contributed by atoms with Gasteiger partial charge in [-0.3, -0.25) is 0 Å². The number of rotatable bonds is 4. The Hall–Kier alpha value is -2.08. The van der Waals surface area contributed by atoms with Crippen LogP contribution < -0.4 is 10.5 Å². The Morgan fingerprint density at radius 3 is 2.71 bits per heavy atom. The van der Waals surface area contributed by atoms with Crippen molar-refractivity contribution in [2.24, 2.45) is 0 Å². The molecule has 1 aromatic heterocycles. The number of nitrogens with zero attached hydrogens (tertiary/aromatic N) is 1. The van der Waals surface area contributed by atoms with Crippen molar-refractivity contribution < 1.29 is 14.6 Å². The monoisotopic (exact) mass is 306 g/mol. The van der Waals surface area contributed by atoms with Crippen LogP contribution in [0.15, 0.2) is 23.6 Å². The zero-order valence-corrected chi connectivity index (χ0v) is 13.0. The molecule has 0 fully saturated rings. The van der Waals surface area contributed by atoms with E-state index in [0.717, 1.165) is 10.7 Å². The van der Waals surface area contributed by atoms with Crippen LogP contribution >= 0.6 is 11.3 Å². The number of nitrogen functional groups attached to an aromatic ring is 1. The van der Waals surface area contributed by atoms with Gasteiger partial charge in [-0.05, 0) is 18.2 Å². The van der Waals surface area contributed by atoms with Crippen molar-refractivity contribution in [1.82, 2.24) is 4.98 Å². The zero-order chi connectivity index (χ0) is 15.6. The van der Waals surface area contributed by atoms with Gasteiger partial charge in [-0.1, -0.05) is 20.8 Å². The number of carbonyl (C=O) groups is 1. The highest BCUT2D eigenvalue weighted by Gasteiger charge is 2.17. The molecule has 2 rings (SSSR count). The van der Waals surface area contributed by atoms with E-state index in [4.69, 9.17) is 15.6 Å². The first-order valence-electron chi connectivity index (χ1n) is 6.48. The van der Waals surface area contributed by atoms with Gasteiger partial charge in [-0.15, -0.1) is 11.3 Å². The Labute approximate surface area is 127 Å². The predicted molar refractivity (Wildman–Crippen MR) is 83.0 cm³/mol. The molecule has 21 heavy (non-hydrogen) atoms. The molecule has 6 heteroatoms. The quantitative estimate of drug-likeness (QED) is 0.846. The van der Waals surface area contributed by atoms with Gasteiger partial charge in [0.15, 0.2) is 0 Å². The average molecular weight is 306 g/mol. The third-order valence-electron chi connectivity index (χ3n) is 2.94. The minimum Gasteiger partial charge on any atom is -0.486 e. The minimum absolute atomic E-state index is 0.00637. The van der Waals surface area contributed by atoms with Crippen molar-refractivity contribution >= 4 is 23.0 Å². The van der Waals surface area contributed by atoms with Crippen molar-refractivity contribution in [3.63, 3.8) is 0 Å². The number of aromatic carboxylic acids is 1. The van der Waals surface area contributed by atoms with E-state index in [9.17, 15) is 4.79 Å². The first-order chi connectivity index (χ1) is 9.77. The summed E-state index contributed by atoms with van der Waals surface area (Å²) < 4.78 is 5.59. The lowest BCUT2D eigenvalue weighted by Crippen LogP contribution is -2.11. The van der Waals surface area contributed by atoms with Crippen LogP contribution in [0, 0.1) is 0 Å². The summed E-state index contributed by atoms with van der Waals surface area (Å²) in [5.41, 5.74) is 6.90. The average Bonchev–Trinajstić information content (AvgIpc) is 2.86. The highest BCUT2D eigenvalue weighted by Crippen LogP contribution is 2.25. The van der Waals surface area contributed by atoms with Crippen LogP contribution in [-0.4, -0.2) is 16.1 Å². The fraction of sp³-hybridized carbons (Fsp3) is 0.333. The van der Waals surface area contributed by atoms with E-state index < -0.39 is 5.97 Å². The summed E-state index contributed by atoms with van der Waals surface area (Å²) in [6.07, 6.45) is 0. The maximum atomic E-state index is 11.0. The van der Waals surface area contributed by atoms with Gasteiger partial charge in [-0.2, -0.15) is 0 Å². The van der Waals surface area contributed by atoms with Crippen LogP contribution in [0.5, 0.6) is 5.75 Å².